The molecule has 3 amide bonds. The molecule has 9 aromatic rings. The lowest BCUT2D eigenvalue weighted by Crippen LogP contribution is -2.41. The molecule has 3 atom stereocenters. The van der Waals surface area contributed by atoms with Crippen LogP contribution < -0.4 is 14.7 Å². The van der Waals surface area contributed by atoms with Crippen LogP contribution in [0.4, 0.5) is 34.9 Å². The third kappa shape index (κ3) is 13.4. The second kappa shape index (κ2) is 27.2. The van der Waals surface area contributed by atoms with Gasteiger partial charge in [-0.05, 0) is 196 Å². The van der Waals surface area contributed by atoms with E-state index in [1.165, 1.54) is 0 Å². The highest BCUT2D eigenvalue weighted by atomic mass is 127. The summed E-state index contributed by atoms with van der Waals surface area (Å²) >= 11 is 54.0. The average Bonchev–Trinajstić information content (AvgIpc) is 1.74. The summed E-state index contributed by atoms with van der Waals surface area (Å²) in [7, 11) is 0. The van der Waals surface area contributed by atoms with Gasteiger partial charge in [0.2, 0.25) is 17.8 Å². The fourth-order valence-electron chi connectivity index (χ4n) is 10.2. The van der Waals surface area contributed by atoms with Gasteiger partial charge in [0.15, 0.2) is 0 Å². The van der Waals surface area contributed by atoms with E-state index in [4.69, 9.17) is 69.6 Å². The average molecular weight is 1780 g/mol. The Hall–Kier alpha value is -3.27. The van der Waals surface area contributed by atoms with Crippen molar-refractivity contribution in [2.24, 2.45) is 0 Å². The quantitative estimate of drug-likeness (QED) is 0.133. The van der Waals surface area contributed by atoms with Gasteiger partial charge in [0.05, 0.1) is 23.3 Å². The summed E-state index contributed by atoms with van der Waals surface area (Å²) in [5, 5.41) is 2.83. The number of aromatic nitrogens is 6. The summed E-state index contributed by atoms with van der Waals surface area (Å²) < 4.78 is 11.6. The van der Waals surface area contributed by atoms with E-state index in [0.717, 1.165) is 41.2 Å². The molecule has 24 heteroatoms. The minimum atomic E-state index is -0.815. The molecule has 12 nitrogen and oxygen atoms in total. The van der Waals surface area contributed by atoms with Gasteiger partial charge in [-0.15, -0.1) is 0 Å². The number of rotatable bonds is 9. The first-order valence-electron chi connectivity index (χ1n) is 24.3. The minimum Gasteiger partial charge on any atom is -0.301 e. The smallest absolute Gasteiger partial charge is 0.260 e. The molecule has 0 N–H and O–H groups in total. The molecule has 0 bridgehead atoms. The van der Waals surface area contributed by atoms with Crippen molar-refractivity contribution in [3.8, 4) is 0 Å². The van der Waals surface area contributed by atoms with Gasteiger partial charge in [0.1, 0.15) is 27.7 Å². The molecule has 0 fully saturated rings. The van der Waals surface area contributed by atoms with E-state index in [0.29, 0.717) is 84.3 Å². The van der Waals surface area contributed by atoms with Crippen LogP contribution in [-0.4, -0.2) is 46.4 Å². The predicted octanol–water partition coefficient (Wildman–Crippen LogP) is 20.5. The number of carbonyl (C=O) groups excluding carboxylic acids is 3. The second-order valence-electron chi connectivity index (χ2n) is 19.7. The SMILES string of the molecule is C.C.C.C[C@@]1(Cc2ccc(Br)cc2)C(=O)N(c2cc(Cl)cc(Cl)c2)c2nc(I)c(I)n21.C[C@@]1(Cc2ccc(Br)cc2)C(=O)N(c2cc(Cl)cc(Cl)c2)c2ncc(I)n21.C[C@@]1(Cc2ccc(Br)cc2)C(=O)N(c2cc(Cl)cc(Cl)c2)c2nccn21. The first kappa shape index (κ1) is 68.2. The third-order valence-electron chi connectivity index (χ3n) is 13.9. The Morgan fingerprint density at radius 2 is 0.786 bits per heavy atom. The fourth-order valence-corrected chi connectivity index (χ4v) is 14.7. The number of amides is 3. The zero-order chi connectivity index (χ0) is 58.0. The van der Waals surface area contributed by atoms with Gasteiger partial charge in [-0.3, -0.25) is 23.5 Å². The van der Waals surface area contributed by atoms with Crippen LogP contribution >= 0.6 is 185 Å². The Labute approximate surface area is 584 Å². The molecular weight excluding hydrogens is 1730 g/mol. The van der Waals surface area contributed by atoms with Crippen LogP contribution in [0.2, 0.25) is 30.1 Å². The van der Waals surface area contributed by atoms with Gasteiger partial charge in [0.25, 0.3) is 17.7 Å². The molecule has 0 aliphatic carbocycles. The van der Waals surface area contributed by atoms with Crippen LogP contribution in [0.5, 0.6) is 0 Å². The van der Waals surface area contributed by atoms with E-state index in [-0.39, 0.29) is 40.0 Å². The number of nitrogens with zero attached hydrogens (tertiary/aromatic N) is 9. The summed E-state index contributed by atoms with van der Waals surface area (Å²) in [5.74, 6) is 1.52. The highest BCUT2D eigenvalue weighted by Crippen LogP contribution is 2.47. The summed E-state index contributed by atoms with van der Waals surface area (Å²) in [6, 6.07) is 39.3. The maximum Gasteiger partial charge on any atom is 0.260 e. The fraction of sp³-hybridized carbons (Fsp3) is 0.200. The summed E-state index contributed by atoms with van der Waals surface area (Å²) in [6.45, 7) is 5.82. The van der Waals surface area contributed by atoms with E-state index in [9.17, 15) is 14.4 Å². The minimum absolute atomic E-state index is 0. The van der Waals surface area contributed by atoms with Gasteiger partial charge < -0.3 is 4.57 Å². The van der Waals surface area contributed by atoms with Crippen molar-refractivity contribution in [1.29, 1.82) is 0 Å². The molecule has 6 aromatic carbocycles. The van der Waals surface area contributed by atoms with E-state index in [1.807, 2.05) is 113 Å². The molecule has 84 heavy (non-hydrogen) atoms. The van der Waals surface area contributed by atoms with Crippen LogP contribution in [0.3, 0.4) is 0 Å². The van der Waals surface area contributed by atoms with Gasteiger partial charge in [0, 0.05) is 75.2 Å². The van der Waals surface area contributed by atoms with Gasteiger partial charge >= 0.3 is 0 Å². The number of hydrogen-bond donors (Lipinski definition) is 0. The topological polar surface area (TPSA) is 114 Å². The normalized spacial score (nSPS) is 18.2. The zero-order valence-corrected chi connectivity index (χ0v) is 58.0. The third-order valence-corrected chi connectivity index (χ3v) is 20.3. The Kier molecular flexibility index (Phi) is 22.1. The van der Waals surface area contributed by atoms with Crippen LogP contribution in [0.1, 0.15) is 59.7 Å². The van der Waals surface area contributed by atoms with Crippen molar-refractivity contribution in [3.63, 3.8) is 0 Å². The number of carbonyl (C=O) groups is 3. The molecule has 0 radical (unpaired) electrons. The highest BCUT2D eigenvalue weighted by molar-refractivity contribution is 14.1. The molecule has 0 unspecified atom stereocenters. The molecule has 3 aromatic heterocycles. The molecule has 438 valence electrons. The maximum atomic E-state index is 13.7. The van der Waals surface area contributed by atoms with Crippen LogP contribution in [-0.2, 0) is 50.3 Å². The van der Waals surface area contributed by atoms with Gasteiger partial charge in [-0.1, -0.05) is 176 Å². The Morgan fingerprint density at radius 1 is 0.452 bits per heavy atom. The number of hydrogen-bond acceptors (Lipinski definition) is 6. The molecule has 12 rings (SSSR count). The highest BCUT2D eigenvalue weighted by Gasteiger charge is 2.52. The van der Waals surface area contributed by atoms with Crippen LogP contribution in [0, 0.1) is 11.1 Å². The van der Waals surface area contributed by atoms with Crippen molar-refractivity contribution < 1.29 is 14.4 Å². The molecule has 3 aliphatic rings. The number of halogens is 12. The van der Waals surface area contributed by atoms with Gasteiger partial charge in [-0.25, -0.2) is 29.7 Å². The lowest BCUT2D eigenvalue weighted by atomic mass is 9.92. The second-order valence-corrected chi connectivity index (χ2v) is 28.2. The van der Waals surface area contributed by atoms with Crippen molar-refractivity contribution >= 4 is 238 Å². The van der Waals surface area contributed by atoms with E-state index in [2.05, 4.69) is 131 Å². The molecule has 6 heterocycles. The molecule has 3 aliphatic heterocycles. The monoisotopic (exact) mass is 1770 g/mol. The maximum absolute atomic E-state index is 13.7. The zero-order valence-electron chi connectivity index (χ0n) is 42.3. The first-order chi connectivity index (χ1) is 38.4. The number of benzene rings is 6. The Bertz CT molecular complexity index is 3910. The van der Waals surface area contributed by atoms with Crippen molar-refractivity contribution in [2.45, 2.75) is 78.9 Å². The van der Waals surface area contributed by atoms with Crippen molar-refractivity contribution in [3.05, 3.63) is 217 Å². The van der Waals surface area contributed by atoms with E-state index in [1.54, 1.807) is 81.7 Å². The van der Waals surface area contributed by atoms with Crippen LogP contribution in [0.25, 0.3) is 0 Å². The van der Waals surface area contributed by atoms with E-state index < -0.39 is 16.6 Å². The molecule has 0 saturated heterocycles. The lowest BCUT2D eigenvalue weighted by Gasteiger charge is -2.26. The molecule has 0 saturated carbocycles. The number of imidazole rings is 3. The van der Waals surface area contributed by atoms with Crippen molar-refractivity contribution in [2.75, 3.05) is 14.7 Å². The molecular formula is C60H51Br3Cl6I3N9O3. The predicted molar refractivity (Wildman–Crippen MR) is 380 cm³/mol. The number of anilines is 6. The lowest BCUT2D eigenvalue weighted by molar-refractivity contribution is -0.124. The summed E-state index contributed by atoms with van der Waals surface area (Å²) in [4.78, 5) is 59.0. The van der Waals surface area contributed by atoms with Crippen LogP contribution in [0.15, 0.2) is 159 Å². The Morgan fingerprint density at radius 3 is 1.18 bits per heavy atom. The van der Waals surface area contributed by atoms with Gasteiger partial charge in [-0.2, -0.15) is 0 Å². The Balaban J connectivity index is 0.000000178. The molecule has 0 spiro atoms. The number of fused-ring (bicyclic) bond motifs is 3. The first-order valence-corrected chi connectivity index (χ1v) is 32.1. The standard InChI is InChI=1S/C19H12BrCl2I2N3O.C19H13BrCl2IN3O.C19H14BrCl2N3O.3CH4/c1-19(9-10-2-4-11(20)5-3-10)17(28)26(14-7-12(21)6-13(22)8-14)18-25-15(23)16(24)27(18)19;1-19(9-11-2-4-12(20)5-3-11)17(27)25(18-24-10-16(23)26(18)19)15-7-13(21)6-14(22)8-15;1-19(11-12-2-4-13(20)5-3-12)17(26)25(18-23-6-7-24(18)19)16-9-14(21)8-15(22)10-16;;;/h2-8H,9H2,1H3;2-8,10H,9H2,1H3;2-10H,11H2,1H3;3*1H4/t3*19-;;;/m111.../s1. The van der Waals surface area contributed by atoms with Crippen molar-refractivity contribution in [1.82, 2.24) is 28.7 Å². The van der Waals surface area contributed by atoms with E-state index >= 15 is 0 Å². The largest absolute Gasteiger partial charge is 0.301 e. The summed E-state index contributed by atoms with van der Waals surface area (Å²) in [6.07, 6.45) is 6.93. The summed E-state index contributed by atoms with van der Waals surface area (Å²) in [5.41, 5.74) is 2.63.